The van der Waals surface area contributed by atoms with Gasteiger partial charge in [-0.05, 0) is 50.1 Å². The molecule has 3 aromatic rings. The second-order valence-corrected chi connectivity index (χ2v) is 6.01. The molecule has 2 aromatic carbocycles. The molecule has 0 fully saturated rings. The van der Waals surface area contributed by atoms with Crippen LogP contribution >= 0.6 is 11.6 Å². The first-order valence-corrected chi connectivity index (χ1v) is 7.45. The van der Waals surface area contributed by atoms with Crippen molar-refractivity contribution in [3.8, 4) is 5.88 Å². The fourth-order valence-electron chi connectivity index (χ4n) is 2.64. The summed E-state index contributed by atoms with van der Waals surface area (Å²) in [6.45, 7) is 6.00. The van der Waals surface area contributed by atoms with Gasteiger partial charge in [0.2, 0.25) is 0 Å². The van der Waals surface area contributed by atoms with Crippen molar-refractivity contribution in [2.45, 2.75) is 20.8 Å². The van der Waals surface area contributed by atoms with Crippen molar-refractivity contribution in [3.63, 3.8) is 0 Å². The monoisotopic (exact) mass is 312 g/mol. The molecule has 0 spiro atoms. The van der Waals surface area contributed by atoms with Crippen LogP contribution in [-0.4, -0.2) is 16.3 Å². The topological polar surface area (TPSA) is 48.4 Å². The van der Waals surface area contributed by atoms with Crippen LogP contribution in [-0.2, 0) is 0 Å². The maximum atomic E-state index is 10.1. The van der Waals surface area contributed by atoms with Gasteiger partial charge in [-0.1, -0.05) is 29.3 Å². The Balaban J connectivity index is 2.10. The number of halogens is 1. The van der Waals surface area contributed by atoms with Gasteiger partial charge >= 0.3 is 0 Å². The van der Waals surface area contributed by atoms with Crippen molar-refractivity contribution in [1.82, 2.24) is 4.98 Å². The van der Waals surface area contributed by atoms with E-state index in [0.29, 0.717) is 10.6 Å². The zero-order chi connectivity index (χ0) is 15.9. The third-order valence-electron chi connectivity index (χ3n) is 3.69. The quantitative estimate of drug-likeness (QED) is 0.627. The summed E-state index contributed by atoms with van der Waals surface area (Å²) in [5.41, 5.74) is 5.54. The van der Waals surface area contributed by atoms with Gasteiger partial charge in [-0.2, -0.15) is 0 Å². The molecule has 112 valence electrons. The van der Waals surface area contributed by atoms with Crippen LogP contribution in [0.2, 0.25) is 5.02 Å². The van der Waals surface area contributed by atoms with Gasteiger partial charge in [0.25, 0.3) is 0 Å². The Hall–Kier alpha value is -2.26. The molecule has 3 nitrogen and oxygen atoms in total. The summed E-state index contributed by atoms with van der Waals surface area (Å²) in [5.74, 6) is 0.116. The number of fused-ring (bicyclic) bond motifs is 1. The largest absolute Gasteiger partial charge is 0.494 e. The zero-order valence-electron chi connectivity index (χ0n) is 12.7. The molecular formula is C18H17ClN2O. The number of H-pyrrole nitrogens is 1. The lowest BCUT2D eigenvalue weighted by molar-refractivity contribution is 0.457. The number of hydrogen-bond donors (Lipinski definition) is 2. The Morgan fingerprint density at radius 3 is 2.59 bits per heavy atom. The van der Waals surface area contributed by atoms with E-state index >= 15 is 0 Å². The summed E-state index contributed by atoms with van der Waals surface area (Å²) in [6.07, 6.45) is 1.66. The number of rotatable bonds is 2. The average Bonchev–Trinajstić information content (AvgIpc) is 2.73. The molecule has 1 heterocycles. The van der Waals surface area contributed by atoms with E-state index in [-0.39, 0.29) is 5.88 Å². The highest BCUT2D eigenvalue weighted by Gasteiger charge is 2.10. The molecule has 0 aliphatic carbocycles. The highest BCUT2D eigenvalue weighted by Crippen LogP contribution is 2.32. The summed E-state index contributed by atoms with van der Waals surface area (Å²) in [5, 5.41) is 11.7. The van der Waals surface area contributed by atoms with Crippen LogP contribution in [0.25, 0.3) is 10.9 Å². The molecule has 2 N–H and O–H groups in total. The standard InChI is InChI=1S/C18H17ClN2O/c1-10-4-5-16-13(7-10)14(18(22)21-16)9-20-17-12(3)6-11(2)8-15(17)19/h4-9,21-22H,1-3H3. The molecule has 0 saturated heterocycles. The maximum absolute atomic E-state index is 10.1. The number of nitrogens with one attached hydrogen (secondary N) is 1. The van der Waals surface area contributed by atoms with E-state index in [1.165, 1.54) is 0 Å². The molecule has 1 aromatic heterocycles. The lowest BCUT2D eigenvalue weighted by Gasteiger charge is -2.04. The Morgan fingerprint density at radius 2 is 1.86 bits per heavy atom. The van der Waals surface area contributed by atoms with Gasteiger partial charge in [-0.3, -0.25) is 4.99 Å². The van der Waals surface area contributed by atoms with Gasteiger partial charge < -0.3 is 10.1 Å². The van der Waals surface area contributed by atoms with Gasteiger partial charge in [0.15, 0.2) is 5.88 Å². The van der Waals surface area contributed by atoms with Crippen LogP contribution in [0, 0.1) is 20.8 Å². The molecule has 0 radical (unpaired) electrons. The molecule has 0 bridgehead atoms. The zero-order valence-corrected chi connectivity index (χ0v) is 13.5. The first-order valence-electron chi connectivity index (χ1n) is 7.08. The molecular weight excluding hydrogens is 296 g/mol. The fourth-order valence-corrected chi connectivity index (χ4v) is 3.01. The summed E-state index contributed by atoms with van der Waals surface area (Å²) in [6, 6.07) is 9.90. The van der Waals surface area contributed by atoms with Crippen molar-refractivity contribution < 1.29 is 5.11 Å². The summed E-state index contributed by atoms with van der Waals surface area (Å²) in [4.78, 5) is 7.45. The highest BCUT2D eigenvalue weighted by molar-refractivity contribution is 6.33. The van der Waals surface area contributed by atoms with Crippen molar-refractivity contribution in [3.05, 3.63) is 57.6 Å². The number of aromatic amines is 1. The molecule has 0 aliphatic heterocycles. The molecule has 0 unspecified atom stereocenters. The van der Waals surface area contributed by atoms with Crippen LogP contribution in [0.1, 0.15) is 22.3 Å². The molecule has 3 rings (SSSR count). The van der Waals surface area contributed by atoms with Crippen molar-refractivity contribution in [1.29, 1.82) is 0 Å². The molecule has 4 heteroatoms. The Morgan fingerprint density at radius 1 is 1.09 bits per heavy atom. The minimum Gasteiger partial charge on any atom is -0.494 e. The molecule has 0 saturated carbocycles. The van der Waals surface area contributed by atoms with E-state index in [0.717, 1.165) is 33.3 Å². The second kappa shape index (κ2) is 5.50. The predicted octanol–water partition coefficient (Wildman–Crippen LogP) is 5.20. The van der Waals surface area contributed by atoms with Gasteiger partial charge in [0.05, 0.1) is 16.3 Å². The van der Waals surface area contributed by atoms with E-state index in [1.807, 2.05) is 51.1 Å². The van der Waals surface area contributed by atoms with Crippen LogP contribution in [0.3, 0.4) is 0 Å². The van der Waals surface area contributed by atoms with Crippen molar-refractivity contribution in [2.24, 2.45) is 4.99 Å². The predicted molar refractivity (Wildman–Crippen MR) is 92.9 cm³/mol. The Kier molecular flexibility index (Phi) is 3.67. The minimum atomic E-state index is 0.116. The summed E-state index contributed by atoms with van der Waals surface area (Å²) in [7, 11) is 0. The molecule has 0 amide bonds. The third kappa shape index (κ3) is 2.60. The fraction of sp³-hybridized carbons (Fsp3) is 0.167. The Labute approximate surface area is 134 Å². The maximum Gasteiger partial charge on any atom is 0.198 e. The van der Waals surface area contributed by atoms with Gasteiger partial charge in [0.1, 0.15) is 0 Å². The first-order chi connectivity index (χ1) is 10.5. The number of aromatic hydroxyl groups is 1. The van der Waals surface area contributed by atoms with Gasteiger partial charge in [-0.25, -0.2) is 0 Å². The number of aryl methyl sites for hydroxylation is 3. The van der Waals surface area contributed by atoms with Gasteiger partial charge in [0, 0.05) is 17.1 Å². The molecule has 22 heavy (non-hydrogen) atoms. The number of nitrogens with zero attached hydrogens (tertiary/aromatic N) is 1. The van der Waals surface area contributed by atoms with E-state index in [1.54, 1.807) is 6.21 Å². The summed E-state index contributed by atoms with van der Waals surface area (Å²) >= 11 is 6.27. The Bertz CT molecular complexity index is 870. The van der Waals surface area contributed by atoms with E-state index in [4.69, 9.17) is 11.6 Å². The SMILES string of the molecule is Cc1cc(C)c(N=Cc2c(O)[nH]c3ccc(C)cc23)c(Cl)c1. The van der Waals surface area contributed by atoms with Crippen molar-refractivity contribution in [2.75, 3.05) is 0 Å². The van der Waals surface area contributed by atoms with E-state index < -0.39 is 0 Å². The number of benzene rings is 2. The van der Waals surface area contributed by atoms with Gasteiger partial charge in [-0.15, -0.1) is 0 Å². The normalized spacial score (nSPS) is 11.6. The lowest BCUT2D eigenvalue weighted by Crippen LogP contribution is -1.84. The number of aliphatic imine (C=N–C) groups is 1. The van der Waals surface area contributed by atoms with Crippen molar-refractivity contribution >= 4 is 34.4 Å². The first kappa shape index (κ1) is 14.7. The number of hydrogen-bond acceptors (Lipinski definition) is 2. The third-order valence-corrected chi connectivity index (χ3v) is 3.98. The van der Waals surface area contributed by atoms with Crippen LogP contribution in [0.4, 0.5) is 5.69 Å². The number of aromatic nitrogens is 1. The average molecular weight is 313 g/mol. The summed E-state index contributed by atoms with van der Waals surface area (Å²) < 4.78 is 0. The van der Waals surface area contributed by atoms with Crippen LogP contribution < -0.4 is 0 Å². The smallest absolute Gasteiger partial charge is 0.198 e. The lowest BCUT2D eigenvalue weighted by atomic mass is 10.1. The van der Waals surface area contributed by atoms with E-state index in [9.17, 15) is 5.11 Å². The minimum absolute atomic E-state index is 0.116. The van der Waals surface area contributed by atoms with Crippen LogP contribution in [0.15, 0.2) is 35.3 Å². The molecule has 0 atom stereocenters. The second-order valence-electron chi connectivity index (χ2n) is 5.61. The van der Waals surface area contributed by atoms with Crippen LogP contribution in [0.5, 0.6) is 5.88 Å². The highest BCUT2D eigenvalue weighted by atomic mass is 35.5. The van der Waals surface area contributed by atoms with E-state index in [2.05, 4.69) is 9.98 Å². The molecule has 0 aliphatic rings.